The fourth-order valence-corrected chi connectivity index (χ4v) is 5.87. The van der Waals surface area contributed by atoms with Crippen molar-refractivity contribution in [1.29, 1.82) is 0 Å². The van der Waals surface area contributed by atoms with E-state index in [1.165, 1.54) is 28.5 Å². The Morgan fingerprint density at radius 3 is 2.49 bits per heavy atom. The molecule has 190 valence electrons. The van der Waals surface area contributed by atoms with E-state index < -0.39 is 5.79 Å². The van der Waals surface area contributed by atoms with Crippen molar-refractivity contribution in [3.05, 3.63) is 57.3 Å². The first-order valence-electron chi connectivity index (χ1n) is 12.4. The third-order valence-corrected chi connectivity index (χ3v) is 8.14. The van der Waals surface area contributed by atoms with Crippen LogP contribution >= 0.6 is 11.8 Å². The van der Waals surface area contributed by atoms with Gasteiger partial charge in [0, 0.05) is 50.7 Å². The number of carbonyl (C=O) groups is 1. The zero-order valence-electron chi connectivity index (χ0n) is 20.7. The van der Waals surface area contributed by atoms with Crippen LogP contribution in [0, 0.1) is 12.7 Å². The van der Waals surface area contributed by atoms with Gasteiger partial charge in [-0.2, -0.15) is 0 Å². The SMILES string of the molecule is CCCCC(Sc1nc(C)c(Cc2ccc(F)cc2)c(=O)n1C)C(=O)N1CCC2(CC1)OCCO2. The molecule has 1 atom stereocenters. The molecule has 7 nitrogen and oxygen atoms in total. The van der Waals surface area contributed by atoms with Crippen molar-refractivity contribution in [2.75, 3.05) is 26.3 Å². The van der Waals surface area contributed by atoms with Gasteiger partial charge in [0.1, 0.15) is 5.82 Å². The Kier molecular flexibility index (Phi) is 8.29. The number of likely N-dealkylation sites (tertiary alicyclic amines) is 1. The Morgan fingerprint density at radius 1 is 1.20 bits per heavy atom. The summed E-state index contributed by atoms with van der Waals surface area (Å²) in [5.74, 6) is -0.747. The molecule has 1 aromatic heterocycles. The molecular formula is C26H34FN3O4S. The van der Waals surface area contributed by atoms with Gasteiger partial charge in [0.2, 0.25) is 5.91 Å². The molecule has 9 heteroatoms. The predicted octanol–water partition coefficient (Wildman–Crippen LogP) is 3.84. The molecule has 0 bridgehead atoms. The van der Waals surface area contributed by atoms with E-state index in [1.807, 2.05) is 11.8 Å². The summed E-state index contributed by atoms with van der Waals surface area (Å²) in [5.41, 5.74) is 1.93. The number of hydrogen-bond acceptors (Lipinski definition) is 6. The van der Waals surface area contributed by atoms with Gasteiger partial charge in [-0.25, -0.2) is 9.37 Å². The van der Waals surface area contributed by atoms with Gasteiger partial charge < -0.3 is 14.4 Å². The minimum atomic E-state index is -0.522. The molecule has 1 amide bonds. The fraction of sp³-hybridized carbons (Fsp3) is 0.577. The normalized spacial score (nSPS) is 18.2. The van der Waals surface area contributed by atoms with Crippen LogP contribution in [0.1, 0.15) is 55.8 Å². The number of hydrogen-bond donors (Lipinski definition) is 0. The predicted molar refractivity (Wildman–Crippen MR) is 133 cm³/mol. The lowest BCUT2D eigenvalue weighted by molar-refractivity contribution is -0.187. The highest BCUT2D eigenvalue weighted by molar-refractivity contribution is 8.00. The number of aryl methyl sites for hydroxylation is 1. The highest BCUT2D eigenvalue weighted by Gasteiger charge is 2.41. The second-order valence-corrected chi connectivity index (χ2v) is 10.5. The highest BCUT2D eigenvalue weighted by Crippen LogP contribution is 2.33. The van der Waals surface area contributed by atoms with Crippen molar-refractivity contribution in [1.82, 2.24) is 14.5 Å². The maximum atomic E-state index is 13.5. The molecule has 2 fully saturated rings. The number of unbranched alkanes of at least 4 members (excludes halogenated alkanes) is 1. The van der Waals surface area contributed by atoms with E-state index in [0.717, 1.165) is 24.8 Å². The number of thioether (sulfide) groups is 1. The summed E-state index contributed by atoms with van der Waals surface area (Å²) in [7, 11) is 1.70. The molecule has 3 heterocycles. The van der Waals surface area contributed by atoms with Crippen molar-refractivity contribution in [3.8, 4) is 0 Å². The summed E-state index contributed by atoms with van der Waals surface area (Å²) in [4.78, 5) is 33.3. The van der Waals surface area contributed by atoms with Crippen molar-refractivity contribution < 1.29 is 18.7 Å². The first-order chi connectivity index (χ1) is 16.8. The number of piperidine rings is 1. The minimum absolute atomic E-state index is 0.0820. The summed E-state index contributed by atoms with van der Waals surface area (Å²) < 4.78 is 26.4. The van der Waals surface area contributed by atoms with Crippen molar-refractivity contribution in [2.45, 2.75) is 68.6 Å². The monoisotopic (exact) mass is 503 g/mol. The zero-order valence-corrected chi connectivity index (χ0v) is 21.5. The van der Waals surface area contributed by atoms with Gasteiger partial charge in [0.15, 0.2) is 10.9 Å². The zero-order chi connectivity index (χ0) is 25.0. The Hall–Kier alpha value is -2.23. The van der Waals surface area contributed by atoms with Crippen LogP contribution in [0.5, 0.6) is 0 Å². The number of aromatic nitrogens is 2. The third-order valence-electron chi connectivity index (χ3n) is 6.84. The van der Waals surface area contributed by atoms with Crippen LogP contribution in [-0.4, -0.2) is 57.7 Å². The molecule has 35 heavy (non-hydrogen) atoms. The molecular weight excluding hydrogens is 469 g/mol. The quantitative estimate of drug-likeness (QED) is 0.403. The van der Waals surface area contributed by atoms with Crippen LogP contribution in [0.3, 0.4) is 0 Å². The lowest BCUT2D eigenvalue weighted by Gasteiger charge is -2.38. The van der Waals surface area contributed by atoms with Gasteiger partial charge in [0.25, 0.3) is 5.56 Å². The number of amides is 1. The lowest BCUT2D eigenvalue weighted by atomic mass is 10.0. The van der Waals surface area contributed by atoms with Crippen LogP contribution in [-0.2, 0) is 27.7 Å². The first kappa shape index (κ1) is 25.9. The van der Waals surface area contributed by atoms with E-state index in [1.54, 1.807) is 19.2 Å². The Balaban J connectivity index is 1.50. The molecule has 2 saturated heterocycles. The molecule has 0 radical (unpaired) electrons. The fourth-order valence-electron chi connectivity index (χ4n) is 4.65. The molecule has 0 saturated carbocycles. The van der Waals surface area contributed by atoms with Crippen LogP contribution < -0.4 is 5.56 Å². The highest BCUT2D eigenvalue weighted by atomic mass is 32.2. The topological polar surface area (TPSA) is 73.7 Å². The number of rotatable bonds is 8. The summed E-state index contributed by atoms with van der Waals surface area (Å²) in [5, 5.41) is 0.232. The largest absolute Gasteiger partial charge is 0.347 e. The molecule has 1 spiro atoms. The third kappa shape index (κ3) is 5.95. The summed E-state index contributed by atoms with van der Waals surface area (Å²) in [6.45, 7) is 6.35. The van der Waals surface area contributed by atoms with E-state index in [4.69, 9.17) is 14.5 Å². The second-order valence-electron chi connectivity index (χ2n) is 9.31. The molecule has 0 N–H and O–H groups in total. The van der Waals surface area contributed by atoms with E-state index in [-0.39, 0.29) is 22.5 Å². The summed E-state index contributed by atoms with van der Waals surface area (Å²) >= 11 is 1.37. The number of carbonyl (C=O) groups excluding carboxylic acids is 1. The van der Waals surface area contributed by atoms with Gasteiger partial charge in [-0.3, -0.25) is 14.2 Å². The summed E-state index contributed by atoms with van der Waals surface area (Å²) in [6, 6.07) is 6.15. The number of ether oxygens (including phenoxy) is 2. The smallest absolute Gasteiger partial charge is 0.257 e. The molecule has 0 aliphatic carbocycles. The Bertz CT molecular complexity index is 1090. The Labute approximate surface area is 210 Å². The molecule has 2 aromatic rings. The standard InChI is InChI=1S/C26H34FN3O4S/c1-4-5-6-22(24(32)30-13-11-26(12-14-30)33-15-16-34-26)35-25-28-18(2)21(23(31)29(25)3)17-19-7-9-20(27)10-8-19/h7-10,22H,4-6,11-17H2,1-3H3. The molecule has 2 aliphatic rings. The molecule has 1 unspecified atom stereocenters. The van der Waals surface area contributed by atoms with Crippen LogP contribution in [0.4, 0.5) is 4.39 Å². The van der Waals surface area contributed by atoms with E-state index in [2.05, 4.69) is 6.92 Å². The molecule has 1 aromatic carbocycles. The van der Waals surface area contributed by atoms with Crippen LogP contribution in [0.15, 0.2) is 34.2 Å². The van der Waals surface area contributed by atoms with Gasteiger partial charge >= 0.3 is 0 Å². The average molecular weight is 504 g/mol. The van der Waals surface area contributed by atoms with Crippen LogP contribution in [0.2, 0.25) is 0 Å². The molecule has 2 aliphatic heterocycles. The number of nitrogens with zero attached hydrogens (tertiary/aromatic N) is 3. The van der Waals surface area contributed by atoms with E-state index >= 15 is 0 Å². The maximum Gasteiger partial charge on any atom is 0.257 e. The average Bonchev–Trinajstić information content (AvgIpc) is 3.31. The Morgan fingerprint density at radius 2 is 1.86 bits per heavy atom. The van der Waals surface area contributed by atoms with Gasteiger partial charge in [-0.1, -0.05) is 43.7 Å². The van der Waals surface area contributed by atoms with E-state index in [0.29, 0.717) is 62.0 Å². The second kappa shape index (κ2) is 11.2. The van der Waals surface area contributed by atoms with Crippen LogP contribution in [0.25, 0.3) is 0 Å². The lowest BCUT2D eigenvalue weighted by Crippen LogP contribution is -2.49. The minimum Gasteiger partial charge on any atom is -0.347 e. The first-order valence-corrected chi connectivity index (χ1v) is 13.2. The van der Waals surface area contributed by atoms with Crippen molar-refractivity contribution in [3.63, 3.8) is 0 Å². The number of halogens is 1. The number of benzene rings is 1. The van der Waals surface area contributed by atoms with Crippen molar-refractivity contribution >= 4 is 17.7 Å². The molecule has 4 rings (SSSR count). The van der Waals surface area contributed by atoms with E-state index in [9.17, 15) is 14.0 Å². The maximum absolute atomic E-state index is 13.5. The van der Waals surface area contributed by atoms with Crippen molar-refractivity contribution in [2.24, 2.45) is 7.05 Å². The van der Waals surface area contributed by atoms with Gasteiger partial charge in [-0.05, 0) is 31.0 Å². The van der Waals surface area contributed by atoms with Gasteiger partial charge in [-0.15, -0.1) is 0 Å². The van der Waals surface area contributed by atoms with Gasteiger partial charge in [0.05, 0.1) is 18.5 Å². The summed E-state index contributed by atoms with van der Waals surface area (Å²) in [6.07, 6.45) is 4.37.